The van der Waals surface area contributed by atoms with Crippen LogP contribution in [0, 0.1) is 6.92 Å². The van der Waals surface area contributed by atoms with E-state index in [1.807, 2.05) is 114 Å². The third-order valence-electron chi connectivity index (χ3n) is 16.2. The second kappa shape index (κ2) is 27.0. The molecule has 0 aliphatic carbocycles. The lowest BCUT2D eigenvalue weighted by Gasteiger charge is -2.49. The second-order valence-corrected chi connectivity index (χ2v) is 21.9. The van der Waals surface area contributed by atoms with Crippen LogP contribution in [0.4, 0.5) is 39.5 Å². The van der Waals surface area contributed by atoms with Crippen LogP contribution in [-0.4, -0.2) is 109 Å². The molecule has 2 aliphatic rings. The number of alkyl halides is 9. The number of nitrogens with one attached hydrogen (secondary N) is 1. The Labute approximate surface area is 486 Å². The summed E-state index contributed by atoms with van der Waals surface area (Å²) in [5.41, 5.74) is 0.00999. The Morgan fingerprint density at radius 1 is 0.512 bits per heavy atom. The van der Waals surface area contributed by atoms with Gasteiger partial charge in [-0.2, -0.15) is 39.5 Å². The number of likely N-dealkylation sites (N-methyl/N-ethyl adjacent to an activating group) is 2. The van der Waals surface area contributed by atoms with Crippen molar-refractivity contribution < 1.29 is 60.1 Å². The first-order valence-electron chi connectivity index (χ1n) is 27.8. The standard InChI is InChI=1S/C33H38F3N3O2.C32H33F6N3O2.H2/c1-24-21-26(23-29(22-24)33(34,35)36)15-18-37(3)31(41)30(27-11-7-5-8-12-27)39-19-16-32(17-20-39,38(4)25(2)40)28-13-9-6-10-14-28;1-22(42)39-30(25-11-7-4-8-12-25)14-17-41(18-15-30)28(24-9-5-3-6-10-24)29(43)40(2)16-13-23-19-26(31(33,34)35)21-27(20-23)32(36,37)38;/h5-14,21-23,30H,15-20H2,1-4H3;3-12,19-21,28H,13-18H2,1-2H3,(H,39,42);1H. The molecule has 0 saturated carbocycles. The molecule has 84 heavy (non-hydrogen) atoms. The van der Waals surface area contributed by atoms with Gasteiger partial charge in [-0.25, -0.2) is 0 Å². The number of aryl methyl sites for hydroxylation is 1. The van der Waals surface area contributed by atoms with Crippen LogP contribution in [0.25, 0.3) is 0 Å². The van der Waals surface area contributed by atoms with Gasteiger partial charge in [0.2, 0.25) is 23.6 Å². The molecule has 8 rings (SSSR count). The molecule has 1 N–H and O–H groups in total. The first kappa shape index (κ1) is 64.1. The van der Waals surface area contributed by atoms with E-state index in [9.17, 15) is 58.7 Å². The molecule has 10 nitrogen and oxygen atoms in total. The molecule has 6 aromatic carbocycles. The minimum atomic E-state index is -4.95. The molecule has 2 aliphatic heterocycles. The zero-order chi connectivity index (χ0) is 61.2. The van der Waals surface area contributed by atoms with Gasteiger partial charge in [-0.05, 0) is 109 Å². The number of halogens is 9. The maximum Gasteiger partial charge on any atom is 0.416 e. The van der Waals surface area contributed by atoms with Crippen molar-refractivity contribution in [3.63, 3.8) is 0 Å². The average molecular weight is 1170 g/mol. The van der Waals surface area contributed by atoms with E-state index in [1.165, 1.54) is 24.9 Å². The molecule has 0 spiro atoms. The summed E-state index contributed by atoms with van der Waals surface area (Å²) in [7, 11) is 5.04. The molecule has 450 valence electrons. The predicted octanol–water partition coefficient (Wildman–Crippen LogP) is 13.1. The lowest BCUT2D eigenvalue weighted by atomic mass is 9.78. The van der Waals surface area contributed by atoms with Gasteiger partial charge in [0.15, 0.2) is 0 Å². The number of piperidine rings is 2. The molecule has 0 radical (unpaired) electrons. The highest BCUT2D eigenvalue weighted by Crippen LogP contribution is 2.42. The van der Waals surface area contributed by atoms with Gasteiger partial charge in [-0.1, -0.05) is 133 Å². The Morgan fingerprint density at radius 2 is 0.869 bits per heavy atom. The highest BCUT2D eigenvalue weighted by Gasteiger charge is 2.45. The van der Waals surface area contributed by atoms with Crippen molar-refractivity contribution in [2.75, 3.05) is 60.4 Å². The summed E-state index contributed by atoms with van der Waals surface area (Å²) in [5.74, 6) is -0.619. The van der Waals surface area contributed by atoms with Crippen LogP contribution in [0.15, 0.2) is 158 Å². The largest absolute Gasteiger partial charge is 0.416 e. The maximum atomic E-state index is 14.0. The monoisotopic (exact) mass is 1170 g/mol. The zero-order valence-electron chi connectivity index (χ0n) is 47.9. The number of carbonyl (C=O) groups is 4. The van der Waals surface area contributed by atoms with Gasteiger partial charge in [0.1, 0.15) is 12.1 Å². The number of benzene rings is 6. The highest BCUT2D eigenvalue weighted by molar-refractivity contribution is 5.84. The summed E-state index contributed by atoms with van der Waals surface area (Å²) in [4.78, 5) is 61.5. The molecule has 2 heterocycles. The average Bonchev–Trinajstić information content (AvgIpc) is 3.44. The Balaban J connectivity index is 0.000000269. The molecule has 4 amide bonds. The number of nitrogens with zero attached hydrogens (tertiary/aromatic N) is 5. The molecule has 2 atom stereocenters. The minimum absolute atomic E-state index is 0. The van der Waals surface area contributed by atoms with Gasteiger partial charge < -0.3 is 20.0 Å². The summed E-state index contributed by atoms with van der Waals surface area (Å²) in [5, 5.41) is 3.11. The summed E-state index contributed by atoms with van der Waals surface area (Å²) >= 11 is 0. The Hall–Kier alpha value is -7.51. The van der Waals surface area contributed by atoms with Gasteiger partial charge in [-0.3, -0.25) is 29.0 Å². The Morgan fingerprint density at radius 3 is 1.25 bits per heavy atom. The quantitative estimate of drug-likeness (QED) is 0.0970. The number of rotatable bonds is 16. The fourth-order valence-electron chi connectivity index (χ4n) is 11.6. The van der Waals surface area contributed by atoms with E-state index in [0.29, 0.717) is 87.1 Å². The third kappa shape index (κ3) is 15.8. The molecular formula is C65H73F9N6O4. The zero-order valence-corrected chi connectivity index (χ0v) is 47.9. The van der Waals surface area contributed by atoms with Gasteiger partial charge in [0, 0.05) is 75.7 Å². The molecule has 0 bridgehead atoms. The summed E-state index contributed by atoms with van der Waals surface area (Å²) < 4.78 is 120. The van der Waals surface area contributed by atoms with Gasteiger partial charge in [-0.15, -0.1) is 0 Å². The smallest absolute Gasteiger partial charge is 0.347 e. The molecule has 19 heteroatoms. The number of hydrogen-bond donors (Lipinski definition) is 1. The highest BCUT2D eigenvalue weighted by atomic mass is 19.4. The summed E-state index contributed by atoms with van der Waals surface area (Å²) in [6, 6.07) is 42.5. The number of amides is 4. The molecule has 2 fully saturated rings. The lowest BCUT2D eigenvalue weighted by Crippen LogP contribution is -2.55. The van der Waals surface area contributed by atoms with Crippen LogP contribution in [0.2, 0.25) is 0 Å². The van der Waals surface area contributed by atoms with Crippen LogP contribution in [0.1, 0.15) is 109 Å². The van der Waals surface area contributed by atoms with Crippen LogP contribution in [0.3, 0.4) is 0 Å². The SMILES string of the molecule is CC(=O)N(C)C1(c2ccccc2)CCN(C(C(=O)N(C)CCc2cc(C)cc(C(F)(F)F)c2)c2ccccc2)CC1.CC(=O)NC1(c2ccccc2)CCN(C(C(=O)N(C)CCc2cc(C(F)(F)F)cc(C(F)(F)F)c2)c2ccccc2)CC1.[HH]. The van der Waals surface area contributed by atoms with Crippen LogP contribution < -0.4 is 5.32 Å². The molecule has 6 aromatic rings. The van der Waals surface area contributed by atoms with Gasteiger partial charge in [0.05, 0.1) is 27.8 Å². The summed E-state index contributed by atoms with van der Waals surface area (Å²) in [6.07, 6.45) is -11.8. The lowest BCUT2D eigenvalue weighted by molar-refractivity contribution is -0.143. The summed E-state index contributed by atoms with van der Waals surface area (Å²) in [6.45, 7) is 6.99. The van der Waals surface area contributed by atoms with E-state index in [-0.39, 0.29) is 56.2 Å². The first-order chi connectivity index (χ1) is 39.6. The first-order valence-corrected chi connectivity index (χ1v) is 27.8. The van der Waals surface area contributed by atoms with Crippen LogP contribution >= 0.6 is 0 Å². The number of likely N-dealkylation sites (tertiary alicyclic amines) is 2. The normalized spacial score (nSPS) is 16.3. The van der Waals surface area contributed by atoms with Gasteiger partial charge >= 0.3 is 18.5 Å². The Kier molecular flexibility index (Phi) is 20.6. The van der Waals surface area contributed by atoms with Crippen molar-refractivity contribution in [3.05, 3.63) is 213 Å². The van der Waals surface area contributed by atoms with Crippen molar-refractivity contribution in [3.8, 4) is 0 Å². The fraction of sp³-hybridized carbons (Fsp3) is 0.385. The van der Waals surface area contributed by atoms with Crippen molar-refractivity contribution in [2.45, 2.75) is 101 Å². The van der Waals surface area contributed by atoms with Crippen molar-refractivity contribution in [2.24, 2.45) is 0 Å². The molecule has 0 aromatic heterocycles. The molecule has 2 unspecified atom stereocenters. The van der Waals surface area contributed by atoms with Crippen molar-refractivity contribution in [1.82, 2.24) is 29.8 Å². The van der Waals surface area contributed by atoms with E-state index in [2.05, 4.69) is 22.3 Å². The molecule has 2 saturated heterocycles. The van der Waals surface area contributed by atoms with Gasteiger partial charge in [0.25, 0.3) is 0 Å². The van der Waals surface area contributed by atoms with E-state index in [1.54, 1.807) is 44.0 Å². The van der Waals surface area contributed by atoms with Crippen molar-refractivity contribution >= 4 is 23.6 Å². The van der Waals surface area contributed by atoms with Crippen molar-refractivity contribution in [1.29, 1.82) is 0 Å². The minimum Gasteiger partial charge on any atom is -0.347 e. The number of hydrogen-bond acceptors (Lipinski definition) is 6. The molecular weight excluding hydrogens is 1100 g/mol. The second-order valence-electron chi connectivity index (χ2n) is 21.9. The van der Waals surface area contributed by atoms with E-state index >= 15 is 0 Å². The third-order valence-corrected chi connectivity index (χ3v) is 16.2. The van der Waals surface area contributed by atoms with Crippen LogP contribution in [0.5, 0.6) is 0 Å². The predicted molar refractivity (Wildman–Crippen MR) is 306 cm³/mol. The van der Waals surface area contributed by atoms with E-state index in [4.69, 9.17) is 0 Å². The van der Waals surface area contributed by atoms with E-state index < -0.39 is 58.4 Å². The van der Waals surface area contributed by atoms with Crippen LogP contribution in [-0.2, 0) is 61.6 Å². The Bertz CT molecular complexity index is 3140. The topological polar surface area (TPSA) is 96.5 Å². The fourth-order valence-corrected chi connectivity index (χ4v) is 11.6. The number of carbonyl (C=O) groups excluding carboxylic acids is 4. The van der Waals surface area contributed by atoms with E-state index in [0.717, 1.165) is 22.8 Å². The maximum absolute atomic E-state index is 14.0.